The van der Waals surface area contributed by atoms with Gasteiger partial charge in [-0.15, -0.1) is 0 Å². The fourth-order valence-electron chi connectivity index (χ4n) is 2.67. The lowest BCUT2D eigenvalue weighted by atomic mass is 10.0. The number of hydrogen-bond acceptors (Lipinski definition) is 3. The van der Waals surface area contributed by atoms with Crippen LogP contribution in [-0.4, -0.2) is 30.8 Å². The number of piperidine rings is 1. The van der Waals surface area contributed by atoms with Crippen LogP contribution in [-0.2, 0) is 6.54 Å². The van der Waals surface area contributed by atoms with Crippen LogP contribution in [0.15, 0.2) is 18.2 Å². The van der Waals surface area contributed by atoms with Gasteiger partial charge in [0.25, 0.3) is 0 Å². The van der Waals surface area contributed by atoms with Gasteiger partial charge >= 0.3 is 0 Å². The number of anilines is 1. The first-order valence-corrected chi connectivity index (χ1v) is 7.50. The number of benzene rings is 1. The predicted octanol–water partition coefficient (Wildman–Crippen LogP) is 2.80. The number of aliphatic hydroxyl groups is 1. The molecule has 0 aromatic heterocycles. The number of hydrogen-bond donors (Lipinski definition) is 2. The highest BCUT2D eigenvalue weighted by Gasteiger charge is 2.23. The largest absolute Gasteiger partial charge is 0.394 e. The number of halogens is 1. The van der Waals surface area contributed by atoms with Gasteiger partial charge in [0.05, 0.1) is 23.4 Å². The Morgan fingerprint density at radius 2 is 2.26 bits per heavy atom. The van der Waals surface area contributed by atoms with Crippen LogP contribution in [0.5, 0.6) is 0 Å². The van der Waals surface area contributed by atoms with E-state index in [4.69, 9.17) is 11.6 Å². The average molecular weight is 283 g/mol. The molecule has 19 heavy (non-hydrogen) atoms. The molecule has 1 heterocycles. The zero-order valence-corrected chi connectivity index (χ0v) is 12.3. The maximum atomic E-state index is 9.49. The second kappa shape index (κ2) is 7.13. The SMILES string of the molecule is CCNCc1ccc(N2CCCCC2CO)c(Cl)c1. The minimum atomic E-state index is 0.204. The van der Waals surface area contributed by atoms with Crippen molar-refractivity contribution < 1.29 is 5.11 Å². The Hall–Kier alpha value is -0.770. The lowest BCUT2D eigenvalue weighted by molar-refractivity contribution is 0.240. The lowest BCUT2D eigenvalue weighted by Gasteiger charge is -2.37. The molecule has 1 atom stereocenters. The molecule has 4 heteroatoms. The van der Waals surface area contributed by atoms with Crippen molar-refractivity contribution in [3.63, 3.8) is 0 Å². The molecule has 0 saturated carbocycles. The van der Waals surface area contributed by atoms with Gasteiger partial charge in [-0.1, -0.05) is 24.6 Å². The van der Waals surface area contributed by atoms with Crippen LogP contribution in [0.2, 0.25) is 5.02 Å². The van der Waals surface area contributed by atoms with Crippen LogP contribution < -0.4 is 10.2 Å². The summed E-state index contributed by atoms with van der Waals surface area (Å²) in [6.45, 7) is 5.08. The third-order valence-corrected chi connectivity index (χ3v) is 4.04. The number of nitrogens with one attached hydrogen (secondary N) is 1. The van der Waals surface area contributed by atoms with Gasteiger partial charge in [0.2, 0.25) is 0 Å². The summed E-state index contributed by atoms with van der Waals surface area (Å²) < 4.78 is 0. The Balaban J connectivity index is 2.14. The Morgan fingerprint density at radius 3 is 2.95 bits per heavy atom. The van der Waals surface area contributed by atoms with E-state index in [-0.39, 0.29) is 12.6 Å². The van der Waals surface area contributed by atoms with E-state index in [0.717, 1.165) is 36.8 Å². The van der Waals surface area contributed by atoms with Gasteiger partial charge < -0.3 is 15.3 Å². The molecule has 0 aliphatic carbocycles. The van der Waals surface area contributed by atoms with Crippen molar-refractivity contribution in [1.29, 1.82) is 0 Å². The molecule has 1 saturated heterocycles. The smallest absolute Gasteiger partial charge is 0.0642 e. The summed E-state index contributed by atoms with van der Waals surface area (Å²) in [5.74, 6) is 0. The number of rotatable bonds is 5. The quantitative estimate of drug-likeness (QED) is 0.872. The summed E-state index contributed by atoms with van der Waals surface area (Å²) in [7, 11) is 0. The van der Waals surface area contributed by atoms with Crippen LogP contribution in [0.4, 0.5) is 5.69 Å². The van der Waals surface area contributed by atoms with Crippen LogP contribution in [0.1, 0.15) is 31.7 Å². The van der Waals surface area contributed by atoms with Crippen LogP contribution in [0.25, 0.3) is 0 Å². The van der Waals surface area contributed by atoms with Gasteiger partial charge in [0, 0.05) is 13.1 Å². The normalized spacial score (nSPS) is 19.7. The summed E-state index contributed by atoms with van der Waals surface area (Å²) >= 11 is 6.41. The van der Waals surface area contributed by atoms with Gasteiger partial charge in [0.15, 0.2) is 0 Å². The minimum absolute atomic E-state index is 0.204. The van der Waals surface area contributed by atoms with Gasteiger partial charge in [-0.2, -0.15) is 0 Å². The first-order chi connectivity index (χ1) is 9.26. The van der Waals surface area contributed by atoms with E-state index < -0.39 is 0 Å². The molecule has 1 aliphatic rings. The molecule has 0 radical (unpaired) electrons. The maximum absolute atomic E-state index is 9.49. The Labute approximate surface area is 120 Å². The van der Waals surface area contributed by atoms with E-state index in [1.165, 1.54) is 18.4 Å². The first kappa shape index (κ1) is 14.6. The van der Waals surface area contributed by atoms with Gasteiger partial charge in [-0.05, 0) is 43.5 Å². The van der Waals surface area contributed by atoms with E-state index in [2.05, 4.69) is 29.3 Å². The fraction of sp³-hybridized carbons (Fsp3) is 0.600. The topological polar surface area (TPSA) is 35.5 Å². The molecule has 1 unspecified atom stereocenters. The standard InChI is InChI=1S/C15H23ClN2O/c1-2-17-10-12-6-7-15(14(16)9-12)18-8-4-3-5-13(18)11-19/h6-7,9,13,17,19H,2-5,8,10-11H2,1H3. The fourth-order valence-corrected chi connectivity index (χ4v) is 2.98. The molecule has 106 valence electrons. The maximum Gasteiger partial charge on any atom is 0.0642 e. The summed E-state index contributed by atoms with van der Waals surface area (Å²) in [5, 5.41) is 13.6. The van der Waals surface area contributed by atoms with Crippen molar-refractivity contribution in [1.82, 2.24) is 5.32 Å². The van der Waals surface area contributed by atoms with E-state index in [1.54, 1.807) is 0 Å². The molecular weight excluding hydrogens is 260 g/mol. The summed E-state index contributed by atoms with van der Waals surface area (Å²) in [6, 6.07) is 6.45. The van der Waals surface area contributed by atoms with E-state index in [9.17, 15) is 5.11 Å². The molecule has 1 aromatic rings. The monoisotopic (exact) mass is 282 g/mol. The molecule has 3 nitrogen and oxygen atoms in total. The Kier molecular flexibility index (Phi) is 5.49. The van der Waals surface area contributed by atoms with Crippen molar-refractivity contribution in [3.05, 3.63) is 28.8 Å². The summed E-state index contributed by atoms with van der Waals surface area (Å²) in [4.78, 5) is 2.25. The van der Waals surface area contributed by atoms with Crippen LogP contribution in [0, 0.1) is 0 Å². The highest BCUT2D eigenvalue weighted by atomic mass is 35.5. The average Bonchev–Trinajstić information content (AvgIpc) is 2.45. The summed E-state index contributed by atoms with van der Waals surface area (Å²) in [5.41, 5.74) is 2.26. The highest BCUT2D eigenvalue weighted by Crippen LogP contribution is 2.31. The molecule has 2 N–H and O–H groups in total. The molecule has 0 amide bonds. The Morgan fingerprint density at radius 1 is 1.42 bits per heavy atom. The molecule has 2 rings (SSSR count). The second-order valence-corrected chi connectivity index (χ2v) is 5.50. The van der Waals surface area contributed by atoms with Crippen molar-refractivity contribution in [3.8, 4) is 0 Å². The van der Waals surface area contributed by atoms with E-state index in [1.807, 2.05) is 6.07 Å². The van der Waals surface area contributed by atoms with E-state index >= 15 is 0 Å². The van der Waals surface area contributed by atoms with E-state index in [0.29, 0.717) is 0 Å². The zero-order chi connectivity index (χ0) is 13.7. The third kappa shape index (κ3) is 3.62. The van der Waals surface area contributed by atoms with Gasteiger partial charge in [-0.3, -0.25) is 0 Å². The minimum Gasteiger partial charge on any atom is -0.394 e. The Bertz CT molecular complexity index is 411. The van der Waals surface area contributed by atoms with Gasteiger partial charge in [0.1, 0.15) is 0 Å². The molecule has 1 aromatic carbocycles. The van der Waals surface area contributed by atoms with Gasteiger partial charge in [-0.25, -0.2) is 0 Å². The van der Waals surface area contributed by atoms with Crippen LogP contribution in [0.3, 0.4) is 0 Å². The number of aliphatic hydroxyl groups excluding tert-OH is 1. The second-order valence-electron chi connectivity index (χ2n) is 5.09. The van der Waals surface area contributed by atoms with Crippen molar-refractivity contribution >= 4 is 17.3 Å². The summed E-state index contributed by atoms with van der Waals surface area (Å²) in [6.07, 6.45) is 3.41. The molecular formula is C15H23ClN2O. The molecule has 1 fully saturated rings. The predicted molar refractivity (Wildman–Crippen MR) is 80.9 cm³/mol. The molecule has 0 bridgehead atoms. The van der Waals surface area contributed by atoms with Crippen molar-refractivity contribution in [2.45, 2.75) is 38.8 Å². The first-order valence-electron chi connectivity index (χ1n) is 7.13. The van der Waals surface area contributed by atoms with Crippen LogP contribution >= 0.6 is 11.6 Å². The number of nitrogens with zero attached hydrogens (tertiary/aromatic N) is 1. The molecule has 0 spiro atoms. The highest BCUT2D eigenvalue weighted by molar-refractivity contribution is 6.33. The van der Waals surface area contributed by atoms with Crippen molar-refractivity contribution in [2.24, 2.45) is 0 Å². The third-order valence-electron chi connectivity index (χ3n) is 3.74. The lowest BCUT2D eigenvalue weighted by Crippen LogP contribution is -2.42. The van der Waals surface area contributed by atoms with Crippen molar-refractivity contribution in [2.75, 3.05) is 24.6 Å². The molecule has 1 aliphatic heterocycles. The zero-order valence-electron chi connectivity index (χ0n) is 11.5.